The molecular weight excluding hydrogens is 317 g/mol. The molecular formula is C21H28FNO2. The summed E-state index contributed by atoms with van der Waals surface area (Å²) in [5, 5.41) is 0. The number of methoxy groups -OCH3 is 2. The zero-order valence-electron chi connectivity index (χ0n) is 15.3. The molecule has 2 aliphatic rings. The van der Waals surface area contributed by atoms with E-state index in [1.54, 1.807) is 26.4 Å². The van der Waals surface area contributed by atoms with Gasteiger partial charge in [-0.2, -0.15) is 0 Å². The van der Waals surface area contributed by atoms with Gasteiger partial charge >= 0.3 is 0 Å². The third-order valence-corrected chi connectivity index (χ3v) is 5.39. The average Bonchev–Trinajstić information content (AvgIpc) is 2.66. The van der Waals surface area contributed by atoms with Crippen LogP contribution in [0.4, 0.5) is 4.39 Å². The number of benzene rings is 1. The maximum absolute atomic E-state index is 13.5. The van der Waals surface area contributed by atoms with Crippen molar-refractivity contribution in [2.24, 2.45) is 5.92 Å². The predicted molar refractivity (Wildman–Crippen MR) is 98.9 cm³/mol. The number of ether oxygens (including phenoxy) is 2. The van der Waals surface area contributed by atoms with Crippen LogP contribution in [0.15, 0.2) is 41.8 Å². The number of allylic oxidation sites excluding steroid dienone is 4. The van der Waals surface area contributed by atoms with Gasteiger partial charge in [0, 0.05) is 6.54 Å². The molecule has 4 heteroatoms. The molecule has 0 atom stereocenters. The average molecular weight is 345 g/mol. The van der Waals surface area contributed by atoms with Crippen LogP contribution < -0.4 is 9.47 Å². The molecule has 1 aliphatic carbocycles. The van der Waals surface area contributed by atoms with Gasteiger partial charge in [0.1, 0.15) is 5.83 Å². The van der Waals surface area contributed by atoms with Crippen LogP contribution in [0.5, 0.6) is 11.5 Å². The second-order valence-electron chi connectivity index (χ2n) is 6.87. The molecule has 1 fully saturated rings. The zero-order valence-corrected chi connectivity index (χ0v) is 15.3. The molecule has 1 aromatic rings. The summed E-state index contributed by atoms with van der Waals surface area (Å²) >= 11 is 0. The van der Waals surface area contributed by atoms with Crippen LogP contribution in [0.25, 0.3) is 0 Å². The smallest absolute Gasteiger partial charge is 0.163 e. The standard InChI is InChI=1S/C21H28FNO2/c1-24-20-8-4-5-17(21(20)25-2)11-14-23-12-9-16(10-13-23)18-6-3-7-19(22)15-18/h4-5,7-8,15-16H,3,6,9-14H2,1-2H3. The van der Waals surface area contributed by atoms with Gasteiger partial charge in [0.15, 0.2) is 11.5 Å². The summed E-state index contributed by atoms with van der Waals surface area (Å²) in [6.45, 7) is 3.18. The first-order valence-corrected chi connectivity index (χ1v) is 9.19. The molecule has 0 radical (unpaired) electrons. The van der Waals surface area contributed by atoms with Crippen LogP contribution in [0.3, 0.4) is 0 Å². The van der Waals surface area contributed by atoms with Gasteiger partial charge in [0.05, 0.1) is 14.2 Å². The number of likely N-dealkylation sites (tertiary alicyclic amines) is 1. The molecule has 0 unspecified atom stereocenters. The van der Waals surface area contributed by atoms with E-state index in [2.05, 4.69) is 11.0 Å². The van der Waals surface area contributed by atoms with Crippen molar-refractivity contribution >= 4 is 0 Å². The maximum Gasteiger partial charge on any atom is 0.163 e. The summed E-state index contributed by atoms with van der Waals surface area (Å²) in [6, 6.07) is 6.05. The number of hydrogen-bond acceptors (Lipinski definition) is 3. The Kier molecular flexibility index (Phi) is 6.14. The number of rotatable bonds is 6. The van der Waals surface area contributed by atoms with Crippen LogP contribution >= 0.6 is 0 Å². The molecule has 1 saturated heterocycles. The topological polar surface area (TPSA) is 21.7 Å². The number of piperidine rings is 1. The Hall–Kier alpha value is -1.81. The van der Waals surface area contributed by atoms with Gasteiger partial charge in [0.25, 0.3) is 0 Å². The SMILES string of the molecule is COc1cccc(CCN2CCC(C3=CC(F)=CCC3)CC2)c1OC. The molecule has 0 spiro atoms. The van der Waals surface area contributed by atoms with Crippen LogP contribution in [0.1, 0.15) is 31.2 Å². The molecule has 25 heavy (non-hydrogen) atoms. The van der Waals surface area contributed by atoms with Gasteiger partial charge in [-0.15, -0.1) is 0 Å². The molecule has 136 valence electrons. The quantitative estimate of drug-likeness (QED) is 0.756. The second-order valence-corrected chi connectivity index (χ2v) is 6.87. The first kappa shape index (κ1) is 18.0. The Morgan fingerprint density at radius 1 is 1.16 bits per heavy atom. The third-order valence-electron chi connectivity index (χ3n) is 5.39. The second kappa shape index (κ2) is 8.52. The summed E-state index contributed by atoms with van der Waals surface area (Å²) in [5.74, 6) is 2.14. The fourth-order valence-corrected chi connectivity index (χ4v) is 3.96. The van der Waals surface area contributed by atoms with Crippen molar-refractivity contribution in [2.45, 2.75) is 32.1 Å². The van der Waals surface area contributed by atoms with E-state index >= 15 is 0 Å². The van der Waals surface area contributed by atoms with Gasteiger partial charge in [-0.1, -0.05) is 17.7 Å². The minimum atomic E-state index is -0.0474. The number of nitrogens with zero attached hydrogens (tertiary/aromatic N) is 1. The highest BCUT2D eigenvalue weighted by Gasteiger charge is 2.23. The van der Waals surface area contributed by atoms with Gasteiger partial charge in [-0.25, -0.2) is 4.39 Å². The lowest BCUT2D eigenvalue weighted by Gasteiger charge is -2.33. The Morgan fingerprint density at radius 3 is 2.64 bits per heavy atom. The molecule has 1 heterocycles. The minimum absolute atomic E-state index is 0.0474. The zero-order chi connectivity index (χ0) is 17.6. The molecule has 3 rings (SSSR count). The van der Waals surface area contributed by atoms with Crippen LogP contribution in [0.2, 0.25) is 0 Å². The lowest BCUT2D eigenvalue weighted by atomic mass is 9.84. The Balaban J connectivity index is 1.52. The van der Waals surface area contributed by atoms with Crippen molar-refractivity contribution in [2.75, 3.05) is 33.9 Å². The van der Waals surface area contributed by atoms with Gasteiger partial charge in [-0.3, -0.25) is 0 Å². The van der Waals surface area contributed by atoms with Crippen molar-refractivity contribution < 1.29 is 13.9 Å². The van der Waals surface area contributed by atoms with Crippen molar-refractivity contribution in [3.8, 4) is 11.5 Å². The molecule has 0 aromatic heterocycles. The number of hydrogen-bond donors (Lipinski definition) is 0. The third kappa shape index (κ3) is 4.43. The number of para-hydroxylation sites is 1. The first-order valence-electron chi connectivity index (χ1n) is 9.19. The Labute approximate surface area is 150 Å². The first-order chi connectivity index (χ1) is 12.2. The summed E-state index contributed by atoms with van der Waals surface area (Å²) in [4.78, 5) is 2.50. The Morgan fingerprint density at radius 2 is 1.96 bits per heavy atom. The lowest BCUT2D eigenvalue weighted by molar-refractivity contribution is 0.198. The van der Waals surface area contributed by atoms with Gasteiger partial charge in [-0.05, 0) is 74.9 Å². The molecule has 0 amide bonds. The predicted octanol–water partition coefficient (Wildman–Crippen LogP) is 4.53. The summed E-state index contributed by atoms with van der Waals surface area (Å²) in [5.41, 5.74) is 2.50. The highest BCUT2D eigenvalue weighted by Crippen LogP contribution is 2.33. The van der Waals surface area contributed by atoms with Gasteiger partial charge < -0.3 is 14.4 Å². The minimum Gasteiger partial charge on any atom is -0.493 e. The molecule has 1 aliphatic heterocycles. The summed E-state index contributed by atoms with van der Waals surface area (Å²) in [7, 11) is 3.36. The monoisotopic (exact) mass is 345 g/mol. The maximum atomic E-state index is 13.5. The van der Waals surface area contributed by atoms with Crippen molar-refractivity contribution in [3.05, 3.63) is 47.3 Å². The van der Waals surface area contributed by atoms with Crippen molar-refractivity contribution in [1.82, 2.24) is 4.90 Å². The van der Waals surface area contributed by atoms with E-state index in [1.807, 2.05) is 12.1 Å². The molecule has 3 nitrogen and oxygen atoms in total. The van der Waals surface area contributed by atoms with E-state index < -0.39 is 0 Å². The highest BCUT2D eigenvalue weighted by atomic mass is 19.1. The van der Waals surface area contributed by atoms with Crippen molar-refractivity contribution in [3.63, 3.8) is 0 Å². The summed E-state index contributed by atoms with van der Waals surface area (Å²) < 4.78 is 24.4. The van der Waals surface area contributed by atoms with Crippen LogP contribution in [0, 0.1) is 5.92 Å². The molecule has 0 bridgehead atoms. The highest BCUT2D eigenvalue weighted by molar-refractivity contribution is 5.46. The van der Waals surface area contributed by atoms with Crippen LogP contribution in [-0.2, 0) is 6.42 Å². The summed E-state index contributed by atoms with van der Waals surface area (Å²) in [6.07, 6.45) is 8.56. The van der Waals surface area contributed by atoms with E-state index in [9.17, 15) is 4.39 Å². The van der Waals surface area contributed by atoms with E-state index in [1.165, 1.54) is 11.1 Å². The van der Waals surface area contributed by atoms with E-state index in [4.69, 9.17) is 9.47 Å². The Bertz CT molecular complexity index is 645. The lowest BCUT2D eigenvalue weighted by Crippen LogP contribution is -2.35. The van der Waals surface area contributed by atoms with E-state index in [0.717, 1.165) is 63.2 Å². The van der Waals surface area contributed by atoms with E-state index in [0.29, 0.717) is 5.92 Å². The van der Waals surface area contributed by atoms with Crippen molar-refractivity contribution in [1.29, 1.82) is 0 Å². The number of halogens is 1. The largest absolute Gasteiger partial charge is 0.493 e. The van der Waals surface area contributed by atoms with Gasteiger partial charge in [0.2, 0.25) is 0 Å². The van der Waals surface area contributed by atoms with E-state index in [-0.39, 0.29) is 5.83 Å². The fraction of sp³-hybridized carbons (Fsp3) is 0.524. The molecule has 0 saturated carbocycles. The normalized spacial score (nSPS) is 19.3. The molecule has 0 N–H and O–H groups in total. The fourth-order valence-electron chi connectivity index (χ4n) is 3.96. The van der Waals surface area contributed by atoms with Crippen LogP contribution in [-0.4, -0.2) is 38.8 Å². The molecule has 1 aromatic carbocycles.